The van der Waals surface area contributed by atoms with Gasteiger partial charge in [0.15, 0.2) is 11.8 Å². The van der Waals surface area contributed by atoms with E-state index in [1.807, 2.05) is 58.1 Å². The number of ketones is 3. The molecule has 2 bridgehead atoms. The number of hydrogen-bond acceptors (Lipinski definition) is 14. The van der Waals surface area contributed by atoms with Crippen molar-refractivity contribution in [2.24, 2.45) is 35.5 Å². The van der Waals surface area contributed by atoms with Crippen LogP contribution in [0.5, 0.6) is 0 Å². The smallest absolute Gasteiger partial charge is 0.329 e. The molecule has 17 nitrogen and oxygen atoms in total. The van der Waals surface area contributed by atoms with Gasteiger partial charge in [-0.05, 0) is 117 Å². The van der Waals surface area contributed by atoms with E-state index in [9.17, 15) is 34.2 Å². The maximum atomic E-state index is 14.7. The van der Waals surface area contributed by atoms with E-state index in [4.69, 9.17) is 23.7 Å². The first-order valence-electron chi connectivity index (χ1n) is 25.1. The van der Waals surface area contributed by atoms with Crippen LogP contribution in [0.15, 0.2) is 53.9 Å². The maximum absolute atomic E-state index is 14.7. The molecule has 17 heteroatoms. The van der Waals surface area contributed by atoms with Crippen LogP contribution in [0.3, 0.4) is 0 Å². The van der Waals surface area contributed by atoms with Crippen LogP contribution in [0.25, 0.3) is 0 Å². The number of aromatic nitrogens is 4. The Hall–Kier alpha value is -4.26. The summed E-state index contributed by atoms with van der Waals surface area (Å²) in [6.07, 6.45) is 13.3. The number of allylic oxidation sites excluding steroid dienone is 6. The summed E-state index contributed by atoms with van der Waals surface area (Å²) in [6.45, 7) is 12.8. The van der Waals surface area contributed by atoms with E-state index in [1.54, 1.807) is 45.9 Å². The number of aromatic amines is 1. The lowest BCUT2D eigenvalue weighted by Gasteiger charge is -2.40. The summed E-state index contributed by atoms with van der Waals surface area (Å²) < 4.78 is 30.0. The van der Waals surface area contributed by atoms with Gasteiger partial charge in [0, 0.05) is 58.5 Å². The molecule has 1 amide bonds. The molecule has 3 N–H and O–H groups in total. The van der Waals surface area contributed by atoms with Gasteiger partial charge in [-0.2, -0.15) is 0 Å². The van der Waals surface area contributed by atoms with E-state index >= 15 is 0 Å². The zero-order valence-corrected chi connectivity index (χ0v) is 42.6. The second kappa shape index (κ2) is 25.7. The molecule has 5 rings (SSSR count). The average Bonchev–Trinajstić information content (AvgIpc) is 3.85. The number of aliphatic hydroxyl groups excluding tert-OH is 1. The van der Waals surface area contributed by atoms with Crippen LogP contribution in [0.4, 0.5) is 0 Å². The number of nitrogens with one attached hydrogen (secondary N) is 1. The minimum Gasteiger partial charge on any atom is -0.460 e. The molecular formula is C52H80N5O12+. The van der Waals surface area contributed by atoms with Gasteiger partial charge in [0.2, 0.25) is 5.78 Å². The highest BCUT2D eigenvalue weighted by atomic mass is 16.6. The van der Waals surface area contributed by atoms with Crippen molar-refractivity contribution in [2.45, 2.75) is 180 Å². The van der Waals surface area contributed by atoms with Gasteiger partial charge in [0.05, 0.1) is 17.3 Å². The number of methoxy groups -OCH3 is 3. The Bertz CT molecular complexity index is 2020. The first-order valence-corrected chi connectivity index (χ1v) is 25.1. The van der Waals surface area contributed by atoms with Gasteiger partial charge in [-0.25, -0.2) is 4.79 Å². The van der Waals surface area contributed by atoms with Crippen molar-refractivity contribution in [1.29, 1.82) is 0 Å². The van der Waals surface area contributed by atoms with Gasteiger partial charge < -0.3 is 38.8 Å². The van der Waals surface area contributed by atoms with Crippen LogP contribution >= 0.6 is 0 Å². The van der Waals surface area contributed by atoms with E-state index in [2.05, 4.69) is 15.4 Å². The van der Waals surface area contributed by atoms with Crippen molar-refractivity contribution in [1.82, 2.24) is 20.3 Å². The summed E-state index contributed by atoms with van der Waals surface area (Å²) in [7, 11) is 4.62. The van der Waals surface area contributed by atoms with E-state index in [0.29, 0.717) is 50.5 Å². The molecule has 0 spiro atoms. The number of Topliss-reactive ketones (excluding diaryl/α,β-unsaturated/α-hetero) is 3. The summed E-state index contributed by atoms with van der Waals surface area (Å²) in [5.41, 5.74) is 1.24. The number of amides is 1. The quantitative estimate of drug-likeness (QED) is 0.134. The molecule has 69 heavy (non-hydrogen) atoms. The number of piperidine rings is 1. The van der Waals surface area contributed by atoms with Crippen molar-refractivity contribution in [3.63, 3.8) is 0 Å². The fourth-order valence-electron chi connectivity index (χ4n) is 10.7. The van der Waals surface area contributed by atoms with E-state index in [1.165, 1.54) is 18.3 Å². The van der Waals surface area contributed by atoms with Crippen molar-refractivity contribution < 1.29 is 62.7 Å². The molecule has 4 aliphatic rings. The molecule has 0 radical (unpaired) electrons. The van der Waals surface area contributed by atoms with Crippen LogP contribution in [-0.4, -0.2) is 136 Å². The van der Waals surface area contributed by atoms with E-state index < -0.39 is 77.8 Å². The van der Waals surface area contributed by atoms with Gasteiger partial charge in [-0.3, -0.25) is 19.2 Å². The normalized spacial score (nSPS) is 38.8. The predicted octanol–water partition coefficient (Wildman–Crippen LogP) is 5.47. The summed E-state index contributed by atoms with van der Waals surface area (Å²) in [4.78, 5) is 74.3. The Labute approximate surface area is 408 Å². The van der Waals surface area contributed by atoms with E-state index in [0.717, 1.165) is 18.4 Å². The topological polar surface area (TPSA) is 221 Å². The average molecular weight is 967 g/mol. The SMILES string of the molecule is CO[C@H]1CC2CC[C@@H](C)C(=O)C(O)(O2)C(=O)N2CCCCC2C(=O)O[C@H]([C@H](C)C[C@@H]2CC[C@@H]([n+]3ncn[nH]3)[C@H](OC)C2)CC(=O)[C@H](C)/C=C(\C)[C@@H](O)[C@@H](OC)C(=O)[C@@H](C)C[C@H](C)/C=C/C=C/C=C/1C. The lowest BCUT2D eigenvalue weighted by molar-refractivity contribution is -0.834. The largest absolute Gasteiger partial charge is 0.460 e. The number of ether oxygens (including phenoxy) is 5. The third-order valence-corrected chi connectivity index (χ3v) is 15.1. The minimum atomic E-state index is -2.85. The Morgan fingerprint density at radius 2 is 1.65 bits per heavy atom. The zero-order valence-electron chi connectivity index (χ0n) is 42.6. The number of cyclic esters (lactones) is 1. The van der Waals surface area contributed by atoms with Crippen molar-refractivity contribution >= 4 is 29.2 Å². The van der Waals surface area contributed by atoms with Crippen LogP contribution in [0.2, 0.25) is 0 Å². The third kappa shape index (κ3) is 14.2. The molecule has 3 fully saturated rings. The zero-order chi connectivity index (χ0) is 50.6. The molecule has 1 aliphatic carbocycles. The van der Waals surface area contributed by atoms with Gasteiger partial charge >= 0.3 is 11.8 Å². The molecule has 1 aromatic heterocycles. The molecule has 3 aliphatic heterocycles. The fourth-order valence-corrected chi connectivity index (χ4v) is 10.7. The number of H-pyrrole nitrogens is 1. The highest BCUT2D eigenvalue weighted by Gasteiger charge is 2.55. The van der Waals surface area contributed by atoms with Gasteiger partial charge in [0.1, 0.15) is 36.2 Å². The monoisotopic (exact) mass is 967 g/mol. The van der Waals surface area contributed by atoms with Crippen LogP contribution < -0.4 is 4.80 Å². The van der Waals surface area contributed by atoms with Crippen molar-refractivity contribution in [3.05, 3.63) is 53.9 Å². The Kier molecular flexibility index (Phi) is 20.8. The lowest BCUT2D eigenvalue weighted by Crippen LogP contribution is -2.62. The Morgan fingerprint density at radius 3 is 2.33 bits per heavy atom. The number of hydrogen-bond donors (Lipinski definition) is 3. The molecule has 4 heterocycles. The fraction of sp³-hybridized carbons (Fsp3) is 0.731. The molecule has 384 valence electrons. The Morgan fingerprint density at radius 1 is 0.899 bits per heavy atom. The highest BCUT2D eigenvalue weighted by Crippen LogP contribution is 2.38. The van der Waals surface area contributed by atoms with Gasteiger partial charge in [-0.1, -0.05) is 75.9 Å². The predicted molar refractivity (Wildman–Crippen MR) is 255 cm³/mol. The summed E-state index contributed by atoms with van der Waals surface area (Å²) in [5.74, 6) is -7.95. The first-order chi connectivity index (χ1) is 32.8. The standard InChI is InChI=1S/C52H79N5O12/c1-31-16-12-11-13-17-32(2)43(65-8)28-39-21-19-33(3)49(61)52(64,69-39)51(63)56-23-15-14-18-41(56)50(62)68-44(35(5)26-38-20-22-40(45(27-38)66-9)57-54-30-53-55-57)29-42(58)34(4)25-37(7)47(60)48(67-10)46(59)36(6)24-31/h11-13,16-17,25,30-31,33-36,38-41,43-45,47-48,60,64H,14-15,18-24,26-29H2,1-10H3/p+1/b13-11+,16-12+,32-17+,37-25+/t31-,33-,34-,35-,36+,38+,39?,40-,41?,43+,44+,45-,47-,48+,52?/m1/s1. The van der Waals surface area contributed by atoms with Crippen LogP contribution in [-0.2, 0) is 47.7 Å². The van der Waals surface area contributed by atoms with E-state index in [-0.39, 0.29) is 67.3 Å². The van der Waals surface area contributed by atoms with Crippen molar-refractivity contribution in [2.75, 3.05) is 27.9 Å². The van der Waals surface area contributed by atoms with Gasteiger partial charge in [0.25, 0.3) is 12.2 Å². The molecule has 0 aromatic carbocycles. The summed E-state index contributed by atoms with van der Waals surface area (Å²) >= 11 is 0. The summed E-state index contributed by atoms with van der Waals surface area (Å²) in [6, 6.07) is -1.21. The third-order valence-electron chi connectivity index (χ3n) is 15.1. The Balaban J connectivity index is 1.49. The number of rotatable bonds is 7. The molecule has 1 saturated carbocycles. The van der Waals surface area contributed by atoms with Gasteiger partial charge in [-0.15, -0.1) is 0 Å². The number of carbonyl (C=O) groups is 5. The molecule has 2 saturated heterocycles. The number of esters is 1. The first kappa shape index (κ1) is 55.7. The van der Waals surface area contributed by atoms with Crippen LogP contribution in [0.1, 0.15) is 132 Å². The second-order valence-corrected chi connectivity index (χ2v) is 20.4. The van der Waals surface area contributed by atoms with Crippen molar-refractivity contribution in [3.8, 4) is 0 Å². The maximum Gasteiger partial charge on any atom is 0.329 e. The summed E-state index contributed by atoms with van der Waals surface area (Å²) in [5, 5.41) is 34.9. The molecule has 3 unspecified atom stereocenters. The number of tetrazole rings is 1. The molecule has 1 aromatic rings. The minimum absolute atomic E-state index is 0.0134. The lowest BCUT2D eigenvalue weighted by atomic mass is 9.77. The van der Waals surface area contributed by atoms with Crippen LogP contribution in [0, 0.1) is 35.5 Å². The molecular weight excluding hydrogens is 887 g/mol. The highest BCUT2D eigenvalue weighted by molar-refractivity contribution is 6.09. The number of carbonyl (C=O) groups excluding carboxylic acids is 5. The number of aliphatic hydroxyl groups is 2. The number of nitrogens with zero attached hydrogens (tertiary/aromatic N) is 4. The second-order valence-electron chi connectivity index (χ2n) is 20.4. The number of fused-ring (bicyclic) bond motifs is 3. The molecule has 15 atom stereocenters.